The number of rotatable bonds is 7. The van der Waals surface area contributed by atoms with Gasteiger partial charge in [-0.25, -0.2) is 13.6 Å². The molecule has 18 heavy (non-hydrogen) atoms. The first-order chi connectivity index (χ1) is 8.42. The Hall–Kier alpha value is -0.980. The Morgan fingerprint density at radius 1 is 1.44 bits per heavy atom. The van der Waals surface area contributed by atoms with Crippen LogP contribution >= 0.6 is 11.6 Å². The molecule has 0 saturated heterocycles. The number of nitrogens with two attached hydrogens (primary N) is 1. The molecule has 0 aromatic heterocycles. The van der Waals surface area contributed by atoms with Gasteiger partial charge in [-0.2, -0.15) is 0 Å². The third-order valence-electron chi connectivity index (χ3n) is 2.11. The molecule has 0 spiro atoms. The third-order valence-corrected chi connectivity index (χ3v) is 3.11. The molecule has 0 atom stereocenters. The van der Waals surface area contributed by atoms with Crippen molar-refractivity contribution in [1.82, 2.24) is 0 Å². The lowest BCUT2D eigenvalue weighted by atomic mass is 10.3. The molecule has 5 nitrogen and oxygen atoms in total. The highest BCUT2D eigenvalue weighted by molar-refractivity contribution is 7.89. The average Bonchev–Trinajstić information content (AvgIpc) is 2.26. The summed E-state index contributed by atoms with van der Waals surface area (Å²) in [6.07, 6.45) is 0.888. The van der Waals surface area contributed by atoms with Crippen LogP contribution in [-0.2, 0) is 10.0 Å². The minimum atomic E-state index is -3.47. The summed E-state index contributed by atoms with van der Waals surface area (Å²) in [5.41, 5.74) is 0.666. The monoisotopic (exact) mass is 292 g/mol. The molecule has 0 radical (unpaired) electrons. The molecule has 0 aliphatic heterocycles. The van der Waals surface area contributed by atoms with Gasteiger partial charge in [0.2, 0.25) is 10.0 Å². The van der Waals surface area contributed by atoms with Crippen LogP contribution in [0.15, 0.2) is 18.2 Å². The molecule has 7 heteroatoms. The van der Waals surface area contributed by atoms with Crippen LogP contribution < -0.4 is 15.2 Å². The Balaban J connectivity index is 2.69. The molecule has 0 bridgehead atoms. The zero-order valence-electron chi connectivity index (χ0n) is 10.1. The molecular formula is C11H17ClN2O3S. The van der Waals surface area contributed by atoms with Gasteiger partial charge in [-0.1, -0.05) is 18.5 Å². The van der Waals surface area contributed by atoms with Crippen LogP contribution in [0.5, 0.6) is 5.75 Å². The van der Waals surface area contributed by atoms with E-state index in [9.17, 15) is 8.42 Å². The normalized spacial score (nSPS) is 11.3. The molecule has 0 heterocycles. The predicted molar refractivity (Wildman–Crippen MR) is 73.7 cm³/mol. The number of hydrogen-bond donors (Lipinski definition) is 2. The second kappa shape index (κ2) is 6.82. The summed E-state index contributed by atoms with van der Waals surface area (Å²) < 4.78 is 27.2. The SMILES string of the molecule is CCCOc1ccc(Cl)cc1NCCS(N)(=O)=O. The van der Waals surface area contributed by atoms with Gasteiger partial charge in [0.1, 0.15) is 5.75 Å². The number of sulfonamides is 1. The smallest absolute Gasteiger partial charge is 0.210 e. The lowest BCUT2D eigenvalue weighted by Gasteiger charge is -2.13. The van der Waals surface area contributed by atoms with Crippen molar-refractivity contribution in [1.29, 1.82) is 0 Å². The van der Waals surface area contributed by atoms with Gasteiger partial charge in [-0.3, -0.25) is 0 Å². The summed E-state index contributed by atoms with van der Waals surface area (Å²) in [6, 6.07) is 5.16. The summed E-state index contributed by atoms with van der Waals surface area (Å²) in [6.45, 7) is 2.80. The van der Waals surface area contributed by atoms with Crippen molar-refractivity contribution in [3.05, 3.63) is 23.2 Å². The molecule has 1 aromatic carbocycles. The van der Waals surface area contributed by atoms with Crippen LogP contribution in [0.3, 0.4) is 0 Å². The fourth-order valence-electron chi connectivity index (χ4n) is 1.31. The minimum Gasteiger partial charge on any atom is -0.491 e. The highest BCUT2D eigenvalue weighted by Crippen LogP contribution is 2.27. The molecule has 0 aliphatic rings. The number of halogens is 1. The molecule has 0 unspecified atom stereocenters. The lowest BCUT2D eigenvalue weighted by Crippen LogP contribution is -2.22. The zero-order valence-corrected chi connectivity index (χ0v) is 11.7. The molecule has 0 amide bonds. The Bertz CT molecular complexity index is 491. The van der Waals surface area contributed by atoms with Crippen LogP contribution in [0.4, 0.5) is 5.69 Å². The van der Waals surface area contributed by atoms with Crippen LogP contribution in [0.2, 0.25) is 5.02 Å². The van der Waals surface area contributed by atoms with Crippen molar-refractivity contribution in [2.24, 2.45) is 5.14 Å². The van der Waals surface area contributed by atoms with Gasteiger partial charge >= 0.3 is 0 Å². The number of benzene rings is 1. The number of anilines is 1. The van der Waals surface area contributed by atoms with Gasteiger partial charge in [-0.15, -0.1) is 0 Å². The van der Waals surface area contributed by atoms with Gasteiger partial charge in [0, 0.05) is 11.6 Å². The molecule has 0 fully saturated rings. The minimum absolute atomic E-state index is 0.146. The van der Waals surface area contributed by atoms with E-state index in [1.54, 1.807) is 18.2 Å². The van der Waals surface area contributed by atoms with Crippen LogP contribution in [-0.4, -0.2) is 27.3 Å². The van der Waals surface area contributed by atoms with Gasteiger partial charge in [0.25, 0.3) is 0 Å². The van der Waals surface area contributed by atoms with E-state index in [1.165, 1.54) is 0 Å². The molecule has 0 aliphatic carbocycles. The highest BCUT2D eigenvalue weighted by Gasteiger charge is 2.06. The Morgan fingerprint density at radius 3 is 2.78 bits per heavy atom. The Kier molecular flexibility index (Phi) is 5.71. The van der Waals surface area contributed by atoms with Crippen molar-refractivity contribution >= 4 is 27.3 Å². The quantitative estimate of drug-likeness (QED) is 0.803. The maximum absolute atomic E-state index is 10.8. The molecule has 0 saturated carbocycles. The van der Waals surface area contributed by atoms with Crippen molar-refractivity contribution in [3.8, 4) is 5.75 Å². The fraction of sp³-hybridized carbons (Fsp3) is 0.455. The molecule has 102 valence electrons. The maximum atomic E-state index is 10.8. The van der Waals surface area contributed by atoms with E-state index >= 15 is 0 Å². The largest absolute Gasteiger partial charge is 0.491 e. The average molecular weight is 293 g/mol. The van der Waals surface area contributed by atoms with E-state index < -0.39 is 10.0 Å². The Labute approximate surface area is 112 Å². The standard InChI is InChI=1S/C11H17ClN2O3S/c1-2-6-17-11-4-3-9(12)8-10(11)14-5-7-18(13,15)16/h3-4,8,14H,2,5-7H2,1H3,(H2,13,15,16). The number of primary sulfonamides is 1. The molecule has 3 N–H and O–H groups in total. The van der Waals surface area contributed by atoms with Crippen molar-refractivity contribution in [3.63, 3.8) is 0 Å². The van der Waals surface area contributed by atoms with Crippen LogP contribution in [0.1, 0.15) is 13.3 Å². The summed E-state index contributed by atoms with van der Waals surface area (Å²) in [5.74, 6) is 0.503. The predicted octanol–water partition coefficient (Wildman–Crippen LogP) is 1.83. The zero-order chi connectivity index (χ0) is 13.6. The van der Waals surface area contributed by atoms with Crippen molar-refractivity contribution in [2.75, 3.05) is 24.2 Å². The first kappa shape index (κ1) is 15.1. The van der Waals surface area contributed by atoms with E-state index in [0.29, 0.717) is 23.1 Å². The lowest BCUT2D eigenvalue weighted by molar-refractivity contribution is 0.319. The van der Waals surface area contributed by atoms with E-state index in [1.807, 2.05) is 6.92 Å². The molecular weight excluding hydrogens is 276 g/mol. The maximum Gasteiger partial charge on any atom is 0.210 e. The number of ether oxygens (including phenoxy) is 1. The highest BCUT2D eigenvalue weighted by atomic mass is 35.5. The topological polar surface area (TPSA) is 81.4 Å². The Morgan fingerprint density at radius 2 is 2.17 bits per heavy atom. The summed E-state index contributed by atoms with van der Waals surface area (Å²) in [5, 5.41) is 8.43. The van der Waals surface area contributed by atoms with Gasteiger partial charge in [0.05, 0.1) is 18.0 Å². The second-order valence-electron chi connectivity index (χ2n) is 3.78. The first-order valence-corrected chi connectivity index (χ1v) is 7.68. The summed E-state index contributed by atoms with van der Waals surface area (Å²) in [7, 11) is -3.47. The van der Waals surface area contributed by atoms with E-state index in [4.69, 9.17) is 21.5 Å². The van der Waals surface area contributed by atoms with Gasteiger partial charge in [-0.05, 0) is 24.6 Å². The van der Waals surface area contributed by atoms with E-state index in [0.717, 1.165) is 6.42 Å². The van der Waals surface area contributed by atoms with Crippen LogP contribution in [0.25, 0.3) is 0 Å². The number of nitrogens with one attached hydrogen (secondary N) is 1. The first-order valence-electron chi connectivity index (χ1n) is 5.59. The van der Waals surface area contributed by atoms with Gasteiger partial charge < -0.3 is 10.1 Å². The van der Waals surface area contributed by atoms with E-state index in [-0.39, 0.29) is 12.3 Å². The van der Waals surface area contributed by atoms with Crippen molar-refractivity contribution in [2.45, 2.75) is 13.3 Å². The molecule has 1 rings (SSSR count). The molecule has 1 aromatic rings. The van der Waals surface area contributed by atoms with Crippen molar-refractivity contribution < 1.29 is 13.2 Å². The van der Waals surface area contributed by atoms with Crippen LogP contribution in [0, 0.1) is 0 Å². The third kappa shape index (κ3) is 5.57. The second-order valence-corrected chi connectivity index (χ2v) is 5.95. The summed E-state index contributed by atoms with van der Waals surface area (Å²) in [4.78, 5) is 0. The number of hydrogen-bond acceptors (Lipinski definition) is 4. The summed E-state index contributed by atoms with van der Waals surface area (Å²) >= 11 is 5.88. The fourth-order valence-corrected chi connectivity index (χ4v) is 1.86. The van der Waals surface area contributed by atoms with E-state index in [2.05, 4.69) is 5.32 Å². The van der Waals surface area contributed by atoms with Gasteiger partial charge in [0.15, 0.2) is 0 Å².